The van der Waals surface area contributed by atoms with Gasteiger partial charge in [0, 0.05) is 12.1 Å². The third-order valence-electron chi connectivity index (χ3n) is 5.48. The first-order chi connectivity index (χ1) is 14.5. The summed E-state index contributed by atoms with van der Waals surface area (Å²) < 4.78 is 3.86. The number of hydrogen-bond donors (Lipinski definition) is 1. The second kappa shape index (κ2) is 13.8. The van der Waals surface area contributed by atoms with Crippen molar-refractivity contribution in [2.24, 2.45) is 0 Å². The smallest absolute Gasteiger partial charge is 0.292 e. The van der Waals surface area contributed by atoms with Crippen molar-refractivity contribution in [1.29, 1.82) is 0 Å². The molecular weight excluding hydrogens is 370 g/mol. The lowest BCUT2D eigenvalue weighted by Crippen LogP contribution is -2.34. The van der Waals surface area contributed by atoms with Crippen molar-refractivity contribution in [1.82, 2.24) is 5.32 Å². The van der Waals surface area contributed by atoms with E-state index in [1.54, 1.807) is 5.57 Å². The minimum Gasteiger partial charge on any atom is -0.471 e. The molecule has 1 aliphatic carbocycles. The van der Waals surface area contributed by atoms with Gasteiger partial charge in [0.05, 0.1) is 7.11 Å². The van der Waals surface area contributed by atoms with Gasteiger partial charge >= 0.3 is 0 Å². The standard InChI is InChI=1S/C23H29N.C2H4O2.C2H6/c1-16-13-14-17(2)22(15-16)21-11-8-12-23(18(21)3)24-19(4)20-9-6-5-7-10-20;1-4-2-3;1-2/h5-7,9-10,13-15,19,23-24H,8,11-12H2,1-4H3;2H,1H3;1-2H3/t19-,23?;;/m1../s1. The Morgan fingerprint density at radius 2 is 1.70 bits per heavy atom. The van der Waals surface area contributed by atoms with Gasteiger partial charge in [-0.2, -0.15) is 0 Å². The second-order valence-electron chi connectivity index (χ2n) is 7.56. The fourth-order valence-electron chi connectivity index (χ4n) is 3.86. The number of allylic oxidation sites excluding steroid dienone is 1. The number of ether oxygens (including phenoxy) is 1. The molecule has 2 aromatic rings. The van der Waals surface area contributed by atoms with Crippen LogP contribution in [0.4, 0.5) is 0 Å². The van der Waals surface area contributed by atoms with Crippen LogP contribution in [0.2, 0.25) is 0 Å². The number of carbonyl (C=O) groups is 1. The Bertz CT molecular complexity index is 796. The van der Waals surface area contributed by atoms with Crippen molar-refractivity contribution in [2.45, 2.75) is 72.9 Å². The number of rotatable bonds is 5. The molecule has 1 unspecified atom stereocenters. The Hall–Kier alpha value is -2.39. The summed E-state index contributed by atoms with van der Waals surface area (Å²) in [4.78, 5) is 8.95. The van der Waals surface area contributed by atoms with Crippen LogP contribution in [0.1, 0.15) is 75.3 Å². The van der Waals surface area contributed by atoms with E-state index in [9.17, 15) is 0 Å². The Morgan fingerprint density at radius 1 is 1.07 bits per heavy atom. The molecule has 0 amide bonds. The average molecular weight is 410 g/mol. The van der Waals surface area contributed by atoms with E-state index in [4.69, 9.17) is 4.79 Å². The van der Waals surface area contributed by atoms with Crippen LogP contribution in [-0.2, 0) is 9.53 Å². The van der Waals surface area contributed by atoms with Crippen LogP contribution in [0.25, 0.3) is 5.57 Å². The summed E-state index contributed by atoms with van der Waals surface area (Å²) >= 11 is 0. The van der Waals surface area contributed by atoms with Gasteiger partial charge in [-0.3, -0.25) is 4.79 Å². The normalized spacial score (nSPS) is 16.4. The molecule has 1 aliphatic rings. The summed E-state index contributed by atoms with van der Waals surface area (Å²) in [6, 6.07) is 18.4. The van der Waals surface area contributed by atoms with Crippen LogP contribution >= 0.6 is 0 Å². The largest absolute Gasteiger partial charge is 0.471 e. The molecule has 0 fully saturated rings. The lowest BCUT2D eigenvalue weighted by atomic mass is 9.82. The molecule has 0 bridgehead atoms. The molecule has 3 rings (SSSR count). The van der Waals surface area contributed by atoms with Crippen molar-refractivity contribution >= 4 is 12.0 Å². The van der Waals surface area contributed by atoms with Gasteiger partial charge in [-0.15, -0.1) is 0 Å². The highest BCUT2D eigenvalue weighted by molar-refractivity contribution is 5.72. The van der Waals surface area contributed by atoms with E-state index in [0.717, 1.165) is 0 Å². The summed E-state index contributed by atoms with van der Waals surface area (Å²) in [6.07, 6.45) is 3.70. The molecule has 0 radical (unpaired) electrons. The zero-order valence-corrected chi connectivity index (χ0v) is 19.8. The predicted molar refractivity (Wildman–Crippen MR) is 129 cm³/mol. The van der Waals surface area contributed by atoms with E-state index < -0.39 is 0 Å². The van der Waals surface area contributed by atoms with Gasteiger partial charge in [-0.05, 0) is 69.2 Å². The van der Waals surface area contributed by atoms with E-state index in [-0.39, 0.29) is 0 Å². The first-order valence-corrected chi connectivity index (χ1v) is 11.0. The summed E-state index contributed by atoms with van der Waals surface area (Å²) in [5.41, 5.74) is 8.64. The quantitative estimate of drug-likeness (QED) is 0.552. The lowest BCUT2D eigenvalue weighted by molar-refractivity contribution is -0.126. The summed E-state index contributed by atoms with van der Waals surface area (Å²) in [6.45, 7) is 13.4. The third-order valence-corrected chi connectivity index (χ3v) is 5.48. The molecule has 0 aliphatic heterocycles. The highest BCUT2D eigenvalue weighted by atomic mass is 16.5. The highest BCUT2D eigenvalue weighted by Crippen LogP contribution is 2.35. The SMILES string of the molecule is CC.CC1=C(c2cc(C)ccc2C)CCCC1N[C@H](C)c1ccccc1.COC=O. The van der Waals surface area contributed by atoms with Gasteiger partial charge in [0.25, 0.3) is 6.47 Å². The highest BCUT2D eigenvalue weighted by Gasteiger charge is 2.23. The number of hydrogen-bond acceptors (Lipinski definition) is 3. The van der Waals surface area contributed by atoms with E-state index >= 15 is 0 Å². The van der Waals surface area contributed by atoms with Crippen molar-refractivity contribution in [3.63, 3.8) is 0 Å². The minimum absolute atomic E-state index is 0.375. The van der Waals surface area contributed by atoms with Gasteiger partial charge in [-0.25, -0.2) is 0 Å². The van der Waals surface area contributed by atoms with Crippen LogP contribution in [0.15, 0.2) is 54.1 Å². The topological polar surface area (TPSA) is 38.3 Å². The zero-order chi connectivity index (χ0) is 22.5. The van der Waals surface area contributed by atoms with Gasteiger partial charge < -0.3 is 10.1 Å². The second-order valence-corrected chi connectivity index (χ2v) is 7.56. The molecule has 1 N–H and O–H groups in total. The fourth-order valence-corrected chi connectivity index (χ4v) is 3.86. The van der Waals surface area contributed by atoms with E-state index in [2.05, 4.69) is 86.3 Å². The number of carbonyl (C=O) groups excluding carboxylic acids is 1. The van der Waals surface area contributed by atoms with Crippen LogP contribution in [0, 0.1) is 13.8 Å². The molecule has 0 spiro atoms. The van der Waals surface area contributed by atoms with Gasteiger partial charge in [-0.1, -0.05) is 73.5 Å². The molecule has 2 aromatic carbocycles. The first kappa shape index (κ1) is 25.6. The average Bonchev–Trinajstić information content (AvgIpc) is 2.79. The maximum atomic E-state index is 8.95. The summed E-state index contributed by atoms with van der Waals surface area (Å²) in [5, 5.41) is 3.86. The Labute approximate surface area is 183 Å². The third kappa shape index (κ3) is 7.46. The minimum atomic E-state index is 0.375. The number of aryl methyl sites for hydroxylation is 2. The molecule has 0 aromatic heterocycles. The first-order valence-electron chi connectivity index (χ1n) is 11.0. The van der Waals surface area contributed by atoms with Crippen LogP contribution in [0.3, 0.4) is 0 Å². The van der Waals surface area contributed by atoms with E-state index in [0.29, 0.717) is 18.6 Å². The molecule has 2 atom stereocenters. The maximum absolute atomic E-state index is 8.95. The Kier molecular flexibility index (Phi) is 11.8. The van der Waals surface area contributed by atoms with Crippen molar-refractivity contribution < 1.29 is 9.53 Å². The number of methoxy groups -OCH3 is 1. The zero-order valence-electron chi connectivity index (χ0n) is 19.8. The van der Waals surface area contributed by atoms with Gasteiger partial charge in [0.2, 0.25) is 0 Å². The van der Waals surface area contributed by atoms with Gasteiger partial charge in [0.15, 0.2) is 0 Å². The molecular formula is C27H39NO2. The summed E-state index contributed by atoms with van der Waals surface area (Å²) in [7, 11) is 1.31. The molecule has 3 heteroatoms. The predicted octanol–water partition coefficient (Wildman–Crippen LogP) is 6.80. The maximum Gasteiger partial charge on any atom is 0.292 e. The van der Waals surface area contributed by atoms with Gasteiger partial charge in [0.1, 0.15) is 0 Å². The van der Waals surface area contributed by atoms with E-state index in [1.165, 1.54) is 54.2 Å². The lowest BCUT2D eigenvalue weighted by Gasteiger charge is -2.31. The summed E-state index contributed by atoms with van der Waals surface area (Å²) in [5.74, 6) is 0. The Morgan fingerprint density at radius 3 is 2.30 bits per heavy atom. The Balaban J connectivity index is 0.000000673. The van der Waals surface area contributed by atoms with E-state index in [1.807, 2.05) is 13.8 Å². The molecule has 30 heavy (non-hydrogen) atoms. The van der Waals surface area contributed by atoms with Crippen LogP contribution in [0.5, 0.6) is 0 Å². The monoisotopic (exact) mass is 409 g/mol. The van der Waals surface area contributed by atoms with Crippen LogP contribution in [-0.4, -0.2) is 19.6 Å². The molecule has 0 saturated heterocycles. The molecule has 3 nitrogen and oxygen atoms in total. The van der Waals surface area contributed by atoms with Crippen LogP contribution < -0.4 is 5.32 Å². The molecule has 0 saturated carbocycles. The fraction of sp³-hybridized carbons (Fsp3) is 0.444. The molecule has 164 valence electrons. The molecule has 0 heterocycles. The van der Waals surface area contributed by atoms with Crippen molar-refractivity contribution in [3.8, 4) is 0 Å². The number of nitrogens with one attached hydrogen (secondary N) is 1. The van der Waals surface area contributed by atoms with Crippen molar-refractivity contribution in [3.05, 3.63) is 76.4 Å². The number of benzene rings is 2. The van der Waals surface area contributed by atoms with Crippen molar-refractivity contribution in [2.75, 3.05) is 7.11 Å².